The lowest BCUT2D eigenvalue weighted by Crippen LogP contribution is -2.26. The van der Waals surface area contributed by atoms with Crippen LogP contribution in [0.3, 0.4) is 0 Å². The molecule has 3 N–H and O–H groups in total. The van der Waals surface area contributed by atoms with Crippen molar-refractivity contribution in [3.63, 3.8) is 0 Å². The van der Waals surface area contributed by atoms with E-state index in [1.165, 1.54) is 11.3 Å². The first kappa shape index (κ1) is 11.6. The lowest BCUT2D eigenvalue weighted by atomic mass is 10.1. The van der Waals surface area contributed by atoms with Gasteiger partial charge < -0.3 is 11.1 Å². The van der Waals surface area contributed by atoms with Crippen molar-refractivity contribution in [3.05, 3.63) is 47.0 Å². The maximum absolute atomic E-state index is 11.8. The van der Waals surface area contributed by atoms with Gasteiger partial charge in [-0.1, -0.05) is 30.3 Å². The molecule has 1 atom stereocenters. The summed E-state index contributed by atoms with van der Waals surface area (Å²) in [6, 6.07) is 9.73. The molecule has 1 heterocycles. The molecule has 0 unspecified atom stereocenters. The number of hydrogen-bond donors (Lipinski definition) is 2. The summed E-state index contributed by atoms with van der Waals surface area (Å²) >= 11 is 1.26. The van der Waals surface area contributed by atoms with Gasteiger partial charge in [-0.25, -0.2) is 4.98 Å². The third-order valence-electron chi connectivity index (χ3n) is 2.40. The number of benzene rings is 1. The number of nitrogens with one attached hydrogen (secondary N) is 1. The van der Waals surface area contributed by atoms with E-state index in [1.807, 2.05) is 37.3 Å². The van der Waals surface area contributed by atoms with E-state index in [0.717, 1.165) is 5.56 Å². The van der Waals surface area contributed by atoms with Crippen molar-refractivity contribution >= 4 is 22.4 Å². The van der Waals surface area contributed by atoms with Crippen molar-refractivity contribution in [2.45, 2.75) is 13.0 Å². The number of hydrogen-bond acceptors (Lipinski definition) is 4. The van der Waals surface area contributed by atoms with Crippen molar-refractivity contribution in [1.82, 2.24) is 10.3 Å². The number of carbonyl (C=O) groups excluding carboxylic acids is 1. The lowest BCUT2D eigenvalue weighted by molar-refractivity contribution is 0.0935. The molecule has 0 aliphatic carbocycles. The average molecular weight is 247 g/mol. The van der Waals surface area contributed by atoms with Crippen LogP contribution in [0.15, 0.2) is 35.7 Å². The number of aromatic nitrogens is 1. The highest BCUT2D eigenvalue weighted by Gasteiger charge is 2.13. The molecule has 17 heavy (non-hydrogen) atoms. The third kappa shape index (κ3) is 2.82. The summed E-state index contributed by atoms with van der Waals surface area (Å²) < 4.78 is 0. The Balaban J connectivity index is 2.04. The molecule has 2 aromatic rings. The average Bonchev–Trinajstić information content (AvgIpc) is 2.77. The Morgan fingerprint density at radius 3 is 2.71 bits per heavy atom. The maximum Gasteiger partial charge on any atom is 0.271 e. The molecule has 88 valence electrons. The highest BCUT2D eigenvalue weighted by atomic mass is 32.1. The molecule has 0 saturated carbocycles. The van der Waals surface area contributed by atoms with Gasteiger partial charge in [-0.3, -0.25) is 4.79 Å². The second-order valence-electron chi connectivity index (χ2n) is 3.68. The second-order valence-corrected chi connectivity index (χ2v) is 4.57. The maximum atomic E-state index is 11.8. The van der Waals surface area contributed by atoms with Crippen LogP contribution >= 0.6 is 11.3 Å². The number of carbonyl (C=O) groups is 1. The predicted molar refractivity (Wildman–Crippen MR) is 68.8 cm³/mol. The summed E-state index contributed by atoms with van der Waals surface area (Å²) in [6.45, 7) is 1.93. The Labute approximate surface area is 103 Å². The van der Waals surface area contributed by atoms with E-state index in [0.29, 0.717) is 10.8 Å². The number of thiazole rings is 1. The zero-order chi connectivity index (χ0) is 12.3. The van der Waals surface area contributed by atoms with Crippen molar-refractivity contribution < 1.29 is 4.79 Å². The summed E-state index contributed by atoms with van der Waals surface area (Å²) in [5.74, 6) is -0.200. The van der Waals surface area contributed by atoms with Crippen LogP contribution in [0.5, 0.6) is 0 Å². The van der Waals surface area contributed by atoms with E-state index < -0.39 is 0 Å². The molecule has 1 amide bonds. The highest BCUT2D eigenvalue weighted by Crippen LogP contribution is 2.14. The largest absolute Gasteiger partial charge is 0.375 e. The van der Waals surface area contributed by atoms with E-state index in [4.69, 9.17) is 5.73 Å². The molecule has 2 rings (SSSR count). The normalized spacial score (nSPS) is 12.1. The van der Waals surface area contributed by atoms with E-state index in [1.54, 1.807) is 5.38 Å². The first-order valence-corrected chi connectivity index (χ1v) is 6.11. The van der Waals surface area contributed by atoms with Crippen LogP contribution in [-0.4, -0.2) is 10.9 Å². The molecule has 0 aliphatic heterocycles. The Morgan fingerprint density at radius 1 is 1.41 bits per heavy atom. The molecular weight excluding hydrogens is 234 g/mol. The number of rotatable bonds is 3. The van der Waals surface area contributed by atoms with Crippen LogP contribution < -0.4 is 11.1 Å². The topological polar surface area (TPSA) is 68.0 Å². The van der Waals surface area contributed by atoms with Crippen molar-refractivity contribution in [2.24, 2.45) is 0 Å². The first-order valence-electron chi connectivity index (χ1n) is 5.23. The molecule has 0 saturated heterocycles. The van der Waals surface area contributed by atoms with Gasteiger partial charge in [-0.2, -0.15) is 0 Å². The molecule has 0 aliphatic rings. The number of nitrogens with zero attached hydrogens (tertiary/aromatic N) is 1. The van der Waals surface area contributed by atoms with Crippen LogP contribution in [-0.2, 0) is 0 Å². The fourth-order valence-electron chi connectivity index (χ4n) is 1.49. The Morgan fingerprint density at radius 2 is 2.12 bits per heavy atom. The van der Waals surface area contributed by atoms with Crippen LogP contribution in [0.25, 0.3) is 0 Å². The molecule has 1 aromatic carbocycles. The van der Waals surface area contributed by atoms with E-state index in [-0.39, 0.29) is 11.9 Å². The summed E-state index contributed by atoms with van der Waals surface area (Å²) in [6.07, 6.45) is 0. The van der Waals surface area contributed by atoms with Gasteiger partial charge in [0.05, 0.1) is 6.04 Å². The minimum atomic E-state index is -0.200. The van der Waals surface area contributed by atoms with Crippen LogP contribution in [0.1, 0.15) is 29.0 Å². The van der Waals surface area contributed by atoms with Gasteiger partial charge in [-0.15, -0.1) is 11.3 Å². The SMILES string of the molecule is C[C@H](NC(=O)c1csc(N)n1)c1ccccc1. The van der Waals surface area contributed by atoms with Gasteiger partial charge in [0.2, 0.25) is 0 Å². The van der Waals surface area contributed by atoms with Crippen molar-refractivity contribution in [3.8, 4) is 0 Å². The van der Waals surface area contributed by atoms with E-state index >= 15 is 0 Å². The zero-order valence-corrected chi connectivity index (χ0v) is 10.2. The molecule has 0 fully saturated rings. The smallest absolute Gasteiger partial charge is 0.271 e. The molecular formula is C12H13N3OS. The third-order valence-corrected chi connectivity index (χ3v) is 3.08. The van der Waals surface area contributed by atoms with Gasteiger partial charge in [0.25, 0.3) is 5.91 Å². The summed E-state index contributed by atoms with van der Waals surface area (Å²) in [4.78, 5) is 15.8. The summed E-state index contributed by atoms with van der Waals surface area (Å²) in [7, 11) is 0. The van der Waals surface area contributed by atoms with Gasteiger partial charge in [-0.05, 0) is 12.5 Å². The van der Waals surface area contributed by atoms with Gasteiger partial charge in [0, 0.05) is 5.38 Å². The van der Waals surface area contributed by atoms with E-state index in [9.17, 15) is 4.79 Å². The number of anilines is 1. The number of nitrogens with two attached hydrogens (primary N) is 1. The van der Waals surface area contributed by atoms with Crippen LogP contribution in [0.2, 0.25) is 0 Å². The van der Waals surface area contributed by atoms with Gasteiger partial charge >= 0.3 is 0 Å². The second kappa shape index (κ2) is 4.97. The van der Waals surface area contributed by atoms with Crippen molar-refractivity contribution in [1.29, 1.82) is 0 Å². The number of amides is 1. The monoisotopic (exact) mass is 247 g/mol. The summed E-state index contributed by atoms with van der Waals surface area (Å²) in [5, 5.41) is 4.94. The standard InChI is InChI=1S/C12H13N3OS/c1-8(9-5-3-2-4-6-9)14-11(16)10-7-17-12(13)15-10/h2-8H,1H3,(H2,13,15)(H,14,16)/t8-/m0/s1. The van der Waals surface area contributed by atoms with Crippen LogP contribution in [0.4, 0.5) is 5.13 Å². The fraction of sp³-hybridized carbons (Fsp3) is 0.167. The minimum absolute atomic E-state index is 0.0494. The van der Waals surface area contributed by atoms with Crippen LogP contribution in [0, 0.1) is 0 Å². The number of nitrogen functional groups attached to an aromatic ring is 1. The molecule has 0 bridgehead atoms. The highest BCUT2D eigenvalue weighted by molar-refractivity contribution is 7.13. The molecule has 0 spiro atoms. The van der Waals surface area contributed by atoms with E-state index in [2.05, 4.69) is 10.3 Å². The first-order chi connectivity index (χ1) is 8.16. The molecule has 4 nitrogen and oxygen atoms in total. The Hall–Kier alpha value is -1.88. The van der Waals surface area contributed by atoms with Gasteiger partial charge in [0.15, 0.2) is 5.13 Å². The molecule has 0 radical (unpaired) electrons. The van der Waals surface area contributed by atoms with Gasteiger partial charge in [0.1, 0.15) is 5.69 Å². The van der Waals surface area contributed by atoms with Crippen molar-refractivity contribution in [2.75, 3.05) is 5.73 Å². The Kier molecular flexibility index (Phi) is 3.39. The zero-order valence-electron chi connectivity index (χ0n) is 9.38. The molecule has 5 heteroatoms. The predicted octanol–water partition coefficient (Wildman–Crippen LogP) is 2.22. The molecule has 1 aromatic heterocycles. The Bertz CT molecular complexity index is 509. The lowest BCUT2D eigenvalue weighted by Gasteiger charge is -2.13. The summed E-state index contributed by atoms with van der Waals surface area (Å²) in [5.41, 5.74) is 6.92. The fourth-order valence-corrected chi connectivity index (χ4v) is 2.03. The minimum Gasteiger partial charge on any atom is -0.375 e. The quantitative estimate of drug-likeness (QED) is 0.873.